The largest absolute Gasteiger partial charge is 0.378 e. The topological polar surface area (TPSA) is 36.1 Å². The maximum atomic E-state index is 3.48. The normalized spacial score (nSPS) is 18.7. The van der Waals surface area contributed by atoms with Gasteiger partial charge < -0.3 is 15.4 Å². The van der Waals surface area contributed by atoms with E-state index in [2.05, 4.69) is 59.6 Å². The van der Waals surface area contributed by atoms with Gasteiger partial charge >= 0.3 is 0 Å². The molecule has 0 saturated carbocycles. The average Bonchev–Trinajstić information content (AvgIpc) is 2.46. The van der Waals surface area contributed by atoms with E-state index in [1.807, 2.05) is 0 Å². The lowest BCUT2D eigenvalue weighted by Crippen LogP contribution is -2.64. The monoisotopic (exact) mass is 241 g/mol. The third kappa shape index (κ3) is 3.64. The van der Waals surface area contributed by atoms with Crippen molar-refractivity contribution >= 4 is 22.1 Å². The van der Waals surface area contributed by atoms with Crippen LogP contribution < -0.4 is 15.4 Å². The van der Waals surface area contributed by atoms with Gasteiger partial charge in [0.15, 0.2) is 0 Å². The molecule has 0 bridgehead atoms. The molecule has 18 heavy (non-hydrogen) atoms. The summed E-state index contributed by atoms with van der Waals surface area (Å²) in [5.41, 5.74) is 1.47. The summed E-state index contributed by atoms with van der Waals surface area (Å²) in [5, 5.41) is 10.2. The van der Waals surface area contributed by atoms with Gasteiger partial charge in [0.05, 0.1) is 0 Å². The highest BCUT2D eigenvalue weighted by atomic mass is 15.0. The fourth-order valence-electron chi connectivity index (χ4n) is 2.75. The Labute approximate surface area is 112 Å². The molecule has 0 aromatic heterocycles. The zero-order valence-electron chi connectivity index (χ0n) is 11.4. The highest BCUT2D eigenvalue weighted by Gasteiger charge is 2.26. The molecule has 1 aliphatic rings. The summed E-state index contributed by atoms with van der Waals surface area (Å²) >= 11 is 0. The Balaban J connectivity index is 1.93. The van der Waals surface area contributed by atoms with E-state index >= 15 is 0 Å². The Kier molecular flexibility index (Phi) is 5.35. The van der Waals surface area contributed by atoms with Crippen LogP contribution in [0.5, 0.6) is 0 Å². The van der Waals surface area contributed by atoms with Gasteiger partial charge in [-0.2, -0.15) is 0 Å². The molecule has 0 spiro atoms. The molecule has 1 aliphatic heterocycles. The quantitative estimate of drug-likeness (QED) is 0.666. The van der Waals surface area contributed by atoms with E-state index < -0.39 is 0 Å². The van der Waals surface area contributed by atoms with Crippen molar-refractivity contribution in [2.75, 3.05) is 0 Å². The van der Waals surface area contributed by atoms with Crippen LogP contribution in [0.4, 0.5) is 0 Å². The summed E-state index contributed by atoms with van der Waals surface area (Å²) in [7, 11) is 1.81. The SMILES string of the molecule is CCC(CC(C)B1NBNBN1)c1ccccc1. The molecule has 0 aliphatic carbocycles. The average molecular weight is 241 g/mol. The summed E-state index contributed by atoms with van der Waals surface area (Å²) in [4.78, 5) is 0. The predicted molar refractivity (Wildman–Crippen MR) is 83.0 cm³/mol. The predicted octanol–water partition coefficient (Wildman–Crippen LogP) is 0.764. The molecule has 3 nitrogen and oxygen atoms in total. The smallest absolute Gasteiger partial charge is 0.287 e. The second-order valence-electron chi connectivity index (χ2n) is 5.22. The second-order valence-corrected chi connectivity index (χ2v) is 5.22. The molecule has 2 rings (SSSR count). The first-order valence-corrected chi connectivity index (χ1v) is 7.03. The molecule has 2 unspecified atom stereocenters. The molecule has 2 atom stereocenters. The van der Waals surface area contributed by atoms with Gasteiger partial charge in [0.2, 0.25) is 0 Å². The van der Waals surface area contributed by atoms with Crippen LogP contribution in [0.15, 0.2) is 30.3 Å². The Morgan fingerprint density at radius 1 is 1.17 bits per heavy atom. The summed E-state index contributed by atoms with van der Waals surface area (Å²) < 4.78 is 0. The number of rotatable bonds is 5. The number of hydrogen-bond acceptors (Lipinski definition) is 3. The van der Waals surface area contributed by atoms with Crippen LogP contribution in [0.25, 0.3) is 0 Å². The standard InChI is InChI=1S/C12H22B3N3/c1-3-11(12-7-5-4-6-8-12)9-10(2)15-17-13-16-14-18-15/h4-8,10-11,13-14,16-18H,3,9H2,1-2H3. The van der Waals surface area contributed by atoms with Crippen LogP contribution in [-0.2, 0) is 0 Å². The molecule has 1 saturated heterocycles. The molecule has 1 aromatic rings. The van der Waals surface area contributed by atoms with Gasteiger partial charge in [-0.1, -0.05) is 44.2 Å². The fraction of sp³-hybridized carbons (Fsp3) is 0.500. The molecule has 1 fully saturated rings. The van der Waals surface area contributed by atoms with E-state index in [9.17, 15) is 0 Å². The van der Waals surface area contributed by atoms with Crippen molar-refractivity contribution in [3.63, 3.8) is 0 Å². The molecule has 94 valence electrons. The van der Waals surface area contributed by atoms with Gasteiger partial charge in [-0.25, -0.2) is 0 Å². The van der Waals surface area contributed by atoms with Crippen LogP contribution in [0.3, 0.4) is 0 Å². The van der Waals surface area contributed by atoms with E-state index in [1.165, 1.54) is 18.4 Å². The molecule has 1 aromatic carbocycles. The third-order valence-corrected chi connectivity index (χ3v) is 3.88. The van der Waals surface area contributed by atoms with Crippen molar-refractivity contribution in [3.05, 3.63) is 35.9 Å². The first-order chi connectivity index (χ1) is 8.81. The minimum atomic E-state index is 0.434. The lowest BCUT2D eigenvalue weighted by Gasteiger charge is -2.29. The van der Waals surface area contributed by atoms with E-state index in [4.69, 9.17) is 0 Å². The first kappa shape index (κ1) is 13.7. The Bertz CT molecular complexity index is 344. The molecule has 3 N–H and O–H groups in total. The molecule has 6 heteroatoms. The van der Waals surface area contributed by atoms with Gasteiger partial charge in [0.25, 0.3) is 22.1 Å². The number of benzene rings is 1. The van der Waals surface area contributed by atoms with Crippen LogP contribution in [0.2, 0.25) is 5.82 Å². The fourth-order valence-corrected chi connectivity index (χ4v) is 2.75. The molecule has 0 radical (unpaired) electrons. The van der Waals surface area contributed by atoms with Gasteiger partial charge in [-0.15, -0.1) is 0 Å². The first-order valence-electron chi connectivity index (χ1n) is 7.03. The third-order valence-electron chi connectivity index (χ3n) is 3.88. The maximum Gasteiger partial charge on any atom is 0.287 e. The van der Waals surface area contributed by atoms with Crippen molar-refractivity contribution in [3.8, 4) is 0 Å². The lowest BCUT2D eigenvalue weighted by molar-refractivity contribution is 0.585. The van der Waals surface area contributed by atoms with E-state index in [1.54, 1.807) is 0 Å². The molecular formula is C12H22B3N3. The summed E-state index contributed by atoms with van der Waals surface area (Å²) in [6.45, 7) is 5.05. The van der Waals surface area contributed by atoms with Gasteiger partial charge in [-0.3, -0.25) is 0 Å². The van der Waals surface area contributed by atoms with Gasteiger partial charge in [-0.05, 0) is 30.1 Å². The number of nitrogens with one attached hydrogen (secondary N) is 3. The molecule has 0 amide bonds. The van der Waals surface area contributed by atoms with Crippen molar-refractivity contribution in [1.82, 2.24) is 15.4 Å². The van der Waals surface area contributed by atoms with E-state index in [-0.39, 0.29) is 0 Å². The minimum Gasteiger partial charge on any atom is -0.378 e. The van der Waals surface area contributed by atoms with Gasteiger partial charge in [0, 0.05) is 0 Å². The second kappa shape index (κ2) is 7.02. The van der Waals surface area contributed by atoms with Crippen molar-refractivity contribution in [1.29, 1.82) is 0 Å². The molecule has 1 heterocycles. The summed E-state index contributed by atoms with van der Waals surface area (Å²) in [6.07, 6.45) is 2.44. The zero-order valence-corrected chi connectivity index (χ0v) is 11.4. The summed E-state index contributed by atoms with van der Waals surface area (Å²) in [5.74, 6) is 1.30. The Morgan fingerprint density at radius 2 is 1.83 bits per heavy atom. The van der Waals surface area contributed by atoms with Crippen LogP contribution in [0.1, 0.15) is 38.2 Å². The Morgan fingerprint density at radius 3 is 2.44 bits per heavy atom. The van der Waals surface area contributed by atoms with Crippen LogP contribution in [0, 0.1) is 0 Å². The molecular weight excluding hydrogens is 219 g/mol. The van der Waals surface area contributed by atoms with Crippen molar-refractivity contribution < 1.29 is 0 Å². The highest BCUT2D eigenvalue weighted by Crippen LogP contribution is 2.29. The minimum absolute atomic E-state index is 0.434. The van der Waals surface area contributed by atoms with Crippen LogP contribution >= 0.6 is 0 Å². The van der Waals surface area contributed by atoms with Crippen LogP contribution in [-0.4, -0.2) is 22.1 Å². The van der Waals surface area contributed by atoms with E-state index in [0.717, 1.165) is 15.1 Å². The van der Waals surface area contributed by atoms with Crippen molar-refractivity contribution in [2.45, 2.75) is 38.4 Å². The lowest BCUT2D eigenvalue weighted by atomic mass is 9.54. The maximum absolute atomic E-state index is 3.48. The highest BCUT2D eigenvalue weighted by molar-refractivity contribution is 6.75. The van der Waals surface area contributed by atoms with E-state index in [0.29, 0.717) is 18.7 Å². The zero-order chi connectivity index (χ0) is 12.8. The number of hydrogen-bond donors (Lipinski definition) is 3. The Hall–Kier alpha value is -0.705. The van der Waals surface area contributed by atoms with Crippen molar-refractivity contribution in [2.24, 2.45) is 0 Å². The summed E-state index contributed by atoms with van der Waals surface area (Å²) in [6, 6.07) is 10.9. The van der Waals surface area contributed by atoms with Gasteiger partial charge in [0.1, 0.15) is 0 Å².